The van der Waals surface area contributed by atoms with E-state index in [1.165, 1.54) is 6.20 Å². The summed E-state index contributed by atoms with van der Waals surface area (Å²) in [6, 6.07) is 9.17. The molecular weight excluding hydrogens is 370 g/mol. The topological polar surface area (TPSA) is 54.5 Å². The zero-order valence-electron chi connectivity index (χ0n) is 14.0. The minimum atomic E-state index is -0.219. The van der Waals surface area contributed by atoms with Crippen LogP contribution in [0.3, 0.4) is 0 Å². The van der Waals surface area contributed by atoms with Gasteiger partial charge in [0.15, 0.2) is 0 Å². The molecule has 0 aliphatic carbocycles. The molecule has 0 aliphatic heterocycles. The highest BCUT2D eigenvalue weighted by Gasteiger charge is 2.11. The Hall–Kier alpha value is -1.92. The van der Waals surface area contributed by atoms with E-state index >= 15 is 0 Å². The molecule has 1 aromatic carbocycles. The summed E-state index contributed by atoms with van der Waals surface area (Å²) in [6.45, 7) is 7.67. The van der Waals surface area contributed by atoms with E-state index in [2.05, 4.69) is 45.0 Å². The third-order valence-corrected chi connectivity index (χ3v) is 4.10. The van der Waals surface area contributed by atoms with Crippen molar-refractivity contribution in [2.75, 3.05) is 31.6 Å². The van der Waals surface area contributed by atoms with Crippen LogP contribution in [0.2, 0.25) is 0 Å². The molecular formula is C18H22BrN3O2. The average Bonchev–Trinajstić information content (AvgIpc) is 2.60. The number of halogens is 1. The van der Waals surface area contributed by atoms with Crippen molar-refractivity contribution in [3.05, 3.63) is 52.8 Å². The van der Waals surface area contributed by atoms with Crippen molar-refractivity contribution in [2.45, 2.75) is 13.8 Å². The molecule has 0 spiro atoms. The summed E-state index contributed by atoms with van der Waals surface area (Å²) in [6.07, 6.45) is 3.17. The summed E-state index contributed by atoms with van der Waals surface area (Å²) in [7, 11) is 0. The summed E-state index contributed by atoms with van der Waals surface area (Å²) in [5.41, 5.74) is 1.14. The van der Waals surface area contributed by atoms with Crippen LogP contribution in [0, 0.1) is 0 Å². The number of aromatic nitrogens is 1. The molecule has 0 saturated heterocycles. The van der Waals surface area contributed by atoms with Crippen LogP contribution in [0.5, 0.6) is 5.75 Å². The van der Waals surface area contributed by atoms with Gasteiger partial charge < -0.3 is 15.0 Å². The Kier molecular flexibility index (Phi) is 7.21. The molecule has 1 aromatic heterocycles. The number of nitrogens with one attached hydrogen (secondary N) is 1. The van der Waals surface area contributed by atoms with E-state index < -0.39 is 0 Å². The second-order valence-electron chi connectivity index (χ2n) is 5.22. The van der Waals surface area contributed by atoms with Crippen LogP contribution < -0.4 is 10.1 Å². The molecule has 0 unspecified atom stereocenters. The third kappa shape index (κ3) is 5.32. The Morgan fingerprint density at radius 1 is 1.25 bits per heavy atom. The maximum Gasteiger partial charge on any atom is 0.257 e. The molecule has 0 bridgehead atoms. The lowest BCUT2D eigenvalue weighted by molar-refractivity contribution is 0.102. The zero-order valence-corrected chi connectivity index (χ0v) is 15.5. The Morgan fingerprint density at radius 3 is 2.71 bits per heavy atom. The van der Waals surface area contributed by atoms with Gasteiger partial charge in [-0.15, -0.1) is 0 Å². The number of pyridine rings is 1. The number of likely N-dealkylation sites (N-methyl/N-ethyl adjacent to an activating group) is 1. The van der Waals surface area contributed by atoms with Crippen molar-refractivity contribution in [1.29, 1.82) is 0 Å². The highest BCUT2D eigenvalue weighted by molar-refractivity contribution is 9.10. The van der Waals surface area contributed by atoms with Crippen molar-refractivity contribution in [2.24, 2.45) is 0 Å². The summed E-state index contributed by atoms with van der Waals surface area (Å²) in [4.78, 5) is 18.7. The number of nitrogens with zero attached hydrogens (tertiary/aromatic N) is 2. The van der Waals surface area contributed by atoms with Crippen LogP contribution in [-0.2, 0) is 0 Å². The lowest BCUT2D eigenvalue weighted by Gasteiger charge is -2.19. The molecule has 0 atom stereocenters. The summed E-state index contributed by atoms with van der Waals surface area (Å²) >= 11 is 3.32. The number of carbonyl (C=O) groups is 1. The van der Waals surface area contributed by atoms with Crippen molar-refractivity contribution >= 4 is 27.5 Å². The number of para-hydroxylation sites is 2. The Bertz CT molecular complexity index is 675. The molecule has 1 amide bonds. The van der Waals surface area contributed by atoms with E-state index in [1.807, 2.05) is 24.3 Å². The Labute approximate surface area is 151 Å². The van der Waals surface area contributed by atoms with Crippen LogP contribution in [0.15, 0.2) is 47.2 Å². The SMILES string of the molecule is CCN(CC)CCOc1ccccc1NC(=O)c1cncc(Br)c1. The average molecular weight is 392 g/mol. The number of carbonyl (C=O) groups excluding carboxylic acids is 1. The smallest absolute Gasteiger partial charge is 0.257 e. The fourth-order valence-electron chi connectivity index (χ4n) is 2.25. The quantitative estimate of drug-likeness (QED) is 0.742. The van der Waals surface area contributed by atoms with Crippen LogP contribution in [0.4, 0.5) is 5.69 Å². The van der Waals surface area contributed by atoms with Gasteiger partial charge in [0.25, 0.3) is 5.91 Å². The summed E-state index contributed by atoms with van der Waals surface area (Å²) in [5, 5.41) is 2.88. The van der Waals surface area contributed by atoms with Gasteiger partial charge in [0.1, 0.15) is 12.4 Å². The van der Waals surface area contributed by atoms with E-state index in [4.69, 9.17) is 4.74 Å². The van der Waals surface area contributed by atoms with E-state index in [9.17, 15) is 4.79 Å². The molecule has 2 rings (SSSR count). The standard InChI is InChI=1S/C18H22BrN3O2/c1-3-22(4-2)9-10-24-17-8-6-5-7-16(17)21-18(23)14-11-15(19)13-20-12-14/h5-8,11-13H,3-4,9-10H2,1-2H3,(H,21,23). The lowest BCUT2D eigenvalue weighted by Crippen LogP contribution is -2.28. The molecule has 1 heterocycles. The second-order valence-corrected chi connectivity index (χ2v) is 6.13. The highest BCUT2D eigenvalue weighted by atomic mass is 79.9. The fourth-order valence-corrected chi connectivity index (χ4v) is 2.62. The van der Waals surface area contributed by atoms with E-state index in [0.717, 1.165) is 24.1 Å². The van der Waals surface area contributed by atoms with Crippen molar-refractivity contribution in [3.8, 4) is 5.75 Å². The molecule has 128 valence electrons. The number of rotatable bonds is 8. The van der Waals surface area contributed by atoms with E-state index in [1.54, 1.807) is 12.3 Å². The first-order chi connectivity index (χ1) is 11.6. The normalized spacial score (nSPS) is 10.7. The van der Waals surface area contributed by atoms with Gasteiger partial charge in [-0.05, 0) is 47.2 Å². The number of amides is 1. The van der Waals surface area contributed by atoms with Crippen LogP contribution in [0.1, 0.15) is 24.2 Å². The maximum absolute atomic E-state index is 12.4. The largest absolute Gasteiger partial charge is 0.490 e. The summed E-state index contributed by atoms with van der Waals surface area (Å²) in [5.74, 6) is 0.449. The van der Waals surface area contributed by atoms with Crippen LogP contribution in [0.25, 0.3) is 0 Å². The molecule has 2 aromatic rings. The minimum Gasteiger partial charge on any atom is -0.490 e. The van der Waals surface area contributed by atoms with Gasteiger partial charge in [0.05, 0.1) is 11.3 Å². The maximum atomic E-state index is 12.4. The Morgan fingerprint density at radius 2 is 2.00 bits per heavy atom. The fraction of sp³-hybridized carbons (Fsp3) is 0.333. The second kappa shape index (κ2) is 9.39. The van der Waals surface area contributed by atoms with Gasteiger partial charge in [-0.2, -0.15) is 0 Å². The lowest BCUT2D eigenvalue weighted by atomic mass is 10.2. The number of benzene rings is 1. The number of hydrogen-bond donors (Lipinski definition) is 1. The molecule has 0 aliphatic rings. The van der Waals surface area contributed by atoms with Crippen LogP contribution in [-0.4, -0.2) is 42.0 Å². The predicted octanol–water partition coefficient (Wildman–Crippen LogP) is 3.82. The van der Waals surface area contributed by atoms with Crippen LogP contribution >= 0.6 is 15.9 Å². The van der Waals surface area contributed by atoms with E-state index in [-0.39, 0.29) is 5.91 Å². The van der Waals surface area contributed by atoms with Gasteiger partial charge in [-0.3, -0.25) is 9.78 Å². The molecule has 0 fully saturated rings. The van der Waals surface area contributed by atoms with Crippen molar-refractivity contribution in [3.63, 3.8) is 0 Å². The highest BCUT2D eigenvalue weighted by Crippen LogP contribution is 2.24. The van der Waals surface area contributed by atoms with Gasteiger partial charge in [0, 0.05) is 23.4 Å². The van der Waals surface area contributed by atoms with Gasteiger partial charge in [0.2, 0.25) is 0 Å². The molecule has 5 nitrogen and oxygen atoms in total. The molecule has 1 N–H and O–H groups in total. The summed E-state index contributed by atoms with van der Waals surface area (Å²) < 4.78 is 6.61. The van der Waals surface area contributed by atoms with Crippen molar-refractivity contribution in [1.82, 2.24) is 9.88 Å². The van der Waals surface area contributed by atoms with Crippen molar-refractivity contribution < 1.29 is 9.53 Å². The monoisotopic (exact) mass is 391 g/mol. The van der Waals surface area contributed by atoms with Gasteiger partial charge in [-0.1, -0.05) is 26.0 Å². The zero-order chi connectivity index (χ0) is 17.4. The van der Waals surface area contributed by atoms with Gasteiger partial charge >= 0.3 is 0 Å². The molecule has 24 heavy (non-hydrogen) atoms. The number of anilines is 1. The minimum absolute atomic E-state index is 0.219. The number of ether oxygens (including phenoxy) is 1. The van der Waals surface area contributed by atoms with E-state index in [0.29, 0.717) is 23.6 Å². The first kappa shape index (κ1) is 18.4. The Balaban J connectivity index is 2.02. The molecule has 6 heteroatoms. The first-order valence-corrected chi connectivity index (χ1v) is 8.79. The predicted molar refractivity (Wildman–Crippen MR) is 99.6 cm³/mol. The first-order valence-electron chi connectivity index (χ1n) is 8.00. The third-order valence-electron chi connectivity index (χ3n) is 3.66. The molecule has 0 saturated carbocycles. The molecule has 0 radical (unpaired) electrons. The number of hydrogen-bond acceptors (Lipinski definition) is 4. The van der Waals surface area contributed by atoms with Gasteiger partial charge in [-0.25, -0.2) is 0 Å².